The molecule has 148 valence electrons. The number of halogens is 2. The van der Waals surface area contributed by atoms with Gasteiger partial charge in [-0.3, -0.25) is 0 Å². The Morgan fingerprint density at radius 3 is 2.67 bits per heavy atom. The van der Waals surface area contributed by atoms with E-state index < -0.39 is 0 Å². The van der Waals surface area contributed by atoms with Crippen LogP contribution in [0.1, 0.15) is 30.9 Å². The van der Waals surface area contributed by atoms with Crippen molar-refractivity contribution in [3.63, 3.8) is 0 Å². The van der Waals surface area contributed by atoms with Gasteiger partial charge in [0.15, 0.2) is 11.5 Å². The van der Waals surface area contributed by atoms with Gasteiger partial charge in [0.1, 0.15) is 6.61 Å². The first kappa shape index (κ1) is 21.8. The highest BCUT2D eigenvalue weighted by molar-refractivity contribution is 6.30. The molecule has 3 rings (SSSR count). The summed E-state index contributed by atoms with van der Waals surface area (Å²) in [6, 6.07) is 13.7. The highest BCUT2D eigenvalue weighted by Gasteiger charge is 2.16. The van der Waals surface area contributed by atoms with Crippen LogP contribution in [0.25, 0.3) is 0 Å². The lowest BCUT2D eigenvalue weighted by atomic mass is 10.1. The van der Waals surface area contributed by atoms with Crippen molar-refractivity contribution in [3.05, 3.63) is 58.6 Å². The van der Waals surface area contributed by atoms with Crippen LogP contribution in [0.15, 0.2) is 42.5 Å². The van der Waals surface area contributed by atoms with Gasteiger partial charge in [0.2, 0.25) is 0 Å². The van der Waals surface area contributed by atoms with Crippen LogP contribution in [-0.4, -0.2) is 25.9 Å². The lowest BCUT2D eigenvalue weighted by molar-refractivity contribution is 0.110. The smallest absolute Gasteiger partial charge is 0.166 e. The van der Waals surface area contributed by atoms with Crippen LogP contribution in [0.3, 0.4) is 0 Å². The van der Waals surface area contributed by atoms with E-state index in [0.29, 0.717) is 19.3 Å². The molecule has 0 aromatic heterocycles. The van der Waals surface area contributed by atoms with Crippen molar-refractivity contribution < 1.29 is 14.2 Å². The van der Waals surface area contributed by atoms with Crippen LogP contribution in [0, 0.1) is 0 Å². The Balaban J connectivity index is 0.00000261. The van der Waals surface area contributed by atoms with E-state index in [2.05, 4.69) is 11.4 Å². The molecule has 0 radical (unpaired) electrons. The zero-order chi connectivity index (χ0) is 18.2. The van der Waals surface area contributed by atoms with Gasteiger partial charge in [0.05, 0.1) is 12.7 Å². The van der Waals surface area contributed by atoms with E-state index in [9.17, 15) is 0 Å². The molecule has 1 atom stereocenters. The number of nitrogens with one attached hydrogen (secondary N) is 1. The first-order chi connectivity index (χ1) is 12.8. The molecule has 1 N–H and O–H groups in total. The maximum absolute atomic E-state index is 6.13. The zero-order valence-corrected chi connectivity index (χ0v) is 17.2. The molecule has 2 aromatic carbocycles. The first-order valence-electron chi connectivity index (χ1n) is 9.20. The second-order valence-electron chi connectivity index (χ2n) is 6.36. The second kappa shape index (κ2) is 11.4. The van der Waals surface area contributed by atoms with Crippen LogP contribution in [0.5, 0.6) is 11.5 Å². The molecule has 1 heterocycles. The van der Waals surface area contributed by atoms with Gasteiger partial charge < -0.3 is 19.5 Å². The summed E-state index contributed by atoms with van der Waals surface area (Å²) in [6.45, 7) is 5.50. The molecule has 1 fully saturated rings. The summed E-state index contributed by atoms with van der Waals surface area (Å²) in [5.74, 6) is 1.57. The maximum atomic E-state index is 6.13. The number of hydrogen-bond donors (Lipinski definition) is 1. The van der Waals surface area contributed by atoms with Gasteiger partial charge in [-0.2, -0.15) is 0 Å². The second-order valence-corrected chi connectivity index (χ2v) is 6.79. The van der Waals surface area contributed by atoms with Crippen LogP contribution in [-0.2, 0) is 17.9 Å². The van der Waals surface area contributed by atoms with E-state index in [0.717, 1.165) is 60.2 Å². The number of rotatable bonds is 9. The van der Waals surface area contributed by atoms with Gasteiger partial charge in [-0.25, -0.2) is 0 Å². The molecule has 0 spiro atoms. The topological polar surface area (TPSA) is 39.7 Å². The minimum atomic E-state index is 0. The molecule has 0 amide bonds. The molecule has 6 heteroatoms. The summed E-state index contributed by atoms with van der Waals surface area (Å²) in [6.07, 6.45) is 2.61. The van der Waals surface area contributed by atoms with E-state index in [4.69, 9.17) is 25.8 Å². The van der Waals surface area contributed by atoms with Crippen LogP contribution >= 0.6 is 24.0 Å². The average Bonchev–Trinajstić information content (AvgIpc) is 3.16. The van der Waals surface area contributed by atoms with E-state index in [1.54, 1.807) is 0 Å². The molecule has 0 aliphatic carbocycles. The van der Waals surface area contributed by atoms with Crippen molar-refractivity contribution in [1.82, 2.24) is 5.32 Å². The summed E-state index contributed by atoms with van der Waals surface area (Å²) in [5, 5.41) is 4.21. The van der Waals surface area contributed by atoms with E-state index >= 15 is 0 Å². The van der Waals surface area contributed by atoms with Crippen molar-refractivity contribution in [1.29, 1.82) is 0 Å². The van der Waals surface area contributed by atoms with Crippen molar-refractivity contribution in [2.24, 2.45) is 0 Å². The number of ether oxygens (including phenoxy) is 3. The molecule has 1 unspecified atom stereocenters. The maximum Gasteiger partial charge on any atom is 0.166 e. The van der Waals surface area contributed by atoms with Gasteiger partial charge in [-0.15, -0.1) is 12.4 Å². The quantitative estimate of drug-likeness (QED) is 0.629. The Hall–Kier alpha value is -1.46. The predicted molar refractivity (Wildman–Crippen MR) is 111 cm³/mol. The third-order valence-electron chi connectivity index (χ3n) is 4.37. The highest BCUT2D eigenvalue weighted by atomic mass is 35.5. The standard InChI is InChI=1S/C21H26ClNO3.ClH/c1-2-24-20-7-3-5-17(13-23-14-19-6-4-12-25-19)21(20)26-15-16-8-10-18(22)11-9-16;/h3,5,7-11,19,23H,2,4,6,12-15H2,1H3;1H. The normalized spacial score (nSPS) is 16.0. The van der Waals surface area contributed by atoms with E-state index in [1.165, 1.54) is 0 Å². The summed E-state index contributed by atoms with van der Waals surface area (Å²) in [7, 11) is 0. The summed E-state index contributed by atoms with van der Waals surface area (Å²) in [4.78, 5) is 0. The highest BCUT2D eigenvalue weighted by Crippen LogP contribution is 2.32. The molecular weight excluding hydrogens is 385 g/mol. The molecule has 0 saturated carbocycles. The van der Waals surface area contributed by atoms with Gasteiger partial charge in [0.25, 0.3) is 0 Å². The molecule has 1 aliphatic heterocycles. The summed E-state index contributed by atoms with van der Waals surface area (Å²) >= 11 is 5.95. The third-order valence-corrected chi connectivity index (χ3v) is 4.62. The van der Waals surface area contributed by atoms with Crippen molar-refractivity contribution in [3.8, 4) is 11.5 Å². The van der Waals surface area contributed by atoms with E-state index in [1.807, 2.05) is 43.3 Å². The first-order valence-corrected chi connectivity index (χ1v) is 9.58. The minimum Gasteiger partial charge on any atom is -0.490 e. The number of para-hydroxylation sites is 1. The van der Waals surface area contributed by atoms with Gasteiger partial charge in [0, 0.05) is 30.3 Å². The number of benzene rings is 2. The Labute approximate surface area is 172 Å². The fourth-order valence-corrected chi connectivity index (χ4v) is 3.17. The fourth-order valence-electron chi connectivity index (χ4n) is 3.04. The van der Waals surface area contributed by atoms with Crippen LogP contribution < -0.4 is 14.8 Å². The summed E-state index contributed by atoms with van der Waals surface area (Å²) in [5.41, 5.74) is 2.15. The van der Waals surface area contributed by atoms with E-state index in [-0.39, 0.29) is 12.4 Å². The Morgan fingerprint density at radius 2 is 1.96 bits per heavy atom. The van der Waals surface area contributed by atoms with Gasteiger partial charge >= 0.3 is 0 Å². The monoisotopic (exact) mass is 411 g/mol. The average molecular weight is 412 g/mol. The summed E-state index contributed by atoms with van der Waals surface area (Å²) < 4.78 is 17.6. The molecule has 1 saturated heterocycles. The predicted octanol–water partition coefficient (Wildman–Crippen LogP) is 5.01. The van der Waals surface area contributed by atoms with Crippen molar-refractivity contribution in [2.45, 2.75) is 39.0 Å². The number of hydrogen-bond acceptors (Lipinski definition) is 4. The van der Waals surface area contributed by atoms with Gasteiger partial charge in [-0.05, 0) is 43.5 Å². The Bertz CT molecular complexity index is 688. The fraction of sp³-hybridized carbons (Fsp3) is 0.429. The molecule has 1 aliphatic rings. The Morgan fingerprint density at radius 1 is 1.15 bits per heavy atom. The van der Waals surface area contributed by atoms with Crippen LogP contribution in [0.4, 0.5) is 0 Å². The lowest BCUT2D eigenvalue weighted by Crippen LogP contribution is -2.26. The van der Waals surface area contributed by atoms with Crippen molar-refractivity contribution >= 4 is 24.0 Å². The molecule has 4 nitrogen and oxygen atoms in total. The van der Waals surface area contributed by atoms with Crippen molar-refractivity contribution in [2.75, 3.05) is 19.8 Å². The lowest BCUT2D eigenvalue weighted by Gasteiger charge is -2.17. The van der Waals surface area contributed by atoms with Gasteiger partial charge in [-0.1, -0.05) is 35.9 Å². The zero-order valence-electron chi connectivity index (χ0n) is 15.6. The Kier molecular flexibility index (Phi) is 9.22. The molecule has 27 heavy (non-hydrogen) atoms. The SMILES string of the molecule is CCOc1cccc(CNCC2CCCO2)c1OCc1ccc(Cl)cc1.Cl. The largest absolute Gasteiger partial charge is 0.490 e. The molecule has 2 aromatic rings. The molecular formula is C21H27Cl2NO3. The van der Waals surface area contributed by atoms with Crippen LogP contribution in [0.2, 0.25) is 5.02 Å². The molecule has 0 bridgehead atoms. The third kappa shape index (κ3) is 6.58. The minimum absolute atomic E-state index is 0.